The van der Waals surface area contributed by atoms with Crippen LogP contribution in [0.3, 0.4) is 0 Å². The van der Waals surface area contributed by atoms with Gasteiger partial charge in [-0.05, 0) is 24.8 Å². The van der Waals surface area contributed by atoms with Gasteiger partial charge in [-0.3, -0.25) is 0 Å². The van der Waals surface area contributed by atoms with Crippen molar-refractivity contribution in [2.75, 3.05) is 13.4 Å². The number of hydrogen-bond donors (Lipinski definition) is 0. The second kappa shape index (κ2) is 6.59. The van der Waals surface area contributed by atoms with E-state index in [9.17, 15) is 0 Å². The molecule has 0 spiro atoms. The van der Waals surface area contributed by atoms with E-state index in [2.05, 4.69) is 20.2 Å². The van der Waals surface area contributed by atoms with Crippen molar-refractivity contribution in [2.24, 2.45) is 5.16 Å². The summed E-state index contributed by atoms with van der Waals surface area (Å²) in [4.78, 5) is 13.6. The van der Waals surface area contributed by atoms with E-state index in [0.29, 0.717) is 28.1 Å². The molecule has 0 saturated carbocycles. The summed E-state index contributed by atoms with van der Waals surface area (Å²) in [6, 6.07) is 5.62. The molecule has 3 aromatic rings. The molecule has 9 heteroatoms. The first-order valence-electron chi connectivity index (χ1n) is 6.81. The van der Waals surface area contributed by atoms with Gasteiger partial charge in [-0.15, -0.1) is 5.10 Å². The SMILES string of the molecule is CO/N=c1\cc(C)n(Cc2ccc(Cl)nc2)c2nc(SC)nn12. The Hall–Kier alpha value is -2.06. The second-order valence-corrected chi connectivity index (χ2v) is 5.96. The highest BCUT2D eigenvalue weighted by Crippen LogP contribution is 2.14. The Morgan fingerprint density at radius 3 is 2.87 bits per heavy atom. The van der Waals surface area contributed by atoms with Gasteiger partial charge in [0.2, 0.25) is 10.9 Å². The summed E-state index contributed by atoms with van der Waals surface area (Å²) in [6.45, 7) is 2.60. The summed E-state index contributed by atoms with van der Waals surface area (Å²) in [5.41, 5.74) is 2.61. The summed E-state index contributed by atoms with van der Waals surface area (Å²) in [5.74, 6) is 0.695. The lowest BCUT2D eigenvalue weighted by Gasteiger charge is -2.12. The van der Waals surface area contributed by atoms with Crippen LogP contribution < -0.4 is 5.49 Å². The first kappa shape index (κ1) is 15.8. The standard InChI is InChI=1S/C14H15ClN6OS/c1-9-6-12(19-22-2)21-14(17-13(18-21)23-3)20(9)8-10-4-5-11(15)16-7-10/h4-7H,8H2,1-3H3/b19-12+. The third-order valence-corrected chi connectivity index (χ3v) is 4.05. The lowest BCUT2D eigenvalue weighted by atomic mass is 10.2. The van der Waals surface area contributed by atoms with Crippen LogP contribution in [0.25, 0.3) is 5.78 Å². The number of fused-ring (bicyclic) bond motifs is 1. The fourth-order valence-electron chi connectivity index (χ4n) is 2.22. The van der Waals surface area contributed by atoms with Gasteiger partial charge in [-0.1, -0.05) is 34.6 Å². The van der Waals surface area contributed by atoms with Gasteiger partial charge in [0.1, 0.15) is 12.3 Å². The van der Waals surface area contributed by atoms with Gasteiger partial charge in [0, 0.05) is 18.0 Å². The van der Waals surface area contributed by atoms with Crippen molar-refractivity contribution in [2.45, 2.75) is 18.6 Å². The largest absolute Gasteiger partial charge is 0.397 e. The fraction of sp³-hybridized carbons (Fsp3) is 0.286. The van der Waals surface area contributed by atoms with Crippen molar-refractivity contribution in [1.29, 1.82) is 0 Å². The van der Waals surface area contributed by atoms with Crippen LogP contribution in [-0.2, 0) is 11.4 Å². The third kappa shape index (κ3) is 3.18. The smallest absolute Gasteiger partial charge is 0.235 e. The highest BCUT2D eigenvalue weighted by atomic mass is 35.5. The molecule has 3 rings (SSSR count). The molecule has 0 aliphatic carbocycles. The average Bonchev–Trinajstić information content (AvgIpc) is 2.98. The number of halogens is 1. The Kier molecular flexibility index (Phi) is 4.53. The predicted octanol–water partition coefficient (Wildman–Crippen LogP) is 2.12. The van der Waals surface area contributed by atoms with Gasteiger partial charge < -0.3 is 9.40 Å². The third-order valence-electron chi connectivity index (χ3n) is 3.29. The molecule has 0 saturated heterocycles. The molecule has 0 N–H and O–H groups in total. The maximum absolute atomic E-state index is 5.85. The van der Waals surface area contributed by atoms with Crippen LogP contribution in [0, 0.1) is 6.92 Å². The normalized spacial score (nSPS) is 12.1. The molecule has 0 amide bonds. The molecule has 7 nitrogen and oxygen atoms in total. The minimum atomic E-state index is 0.474. The van der Waals surface area contributed by atoms with Crippen LogP contribution >= 0.6 is 23.4 Å². The molecule has 23 heavy (non-hydrogen) atoms. The fourth-order valence-corrected chi connectivity index (χ4v) is 2.67. The Labute approximate surface area is 142 Å². The van der Waals surface area contributed by atoms with E-state index in [1.807, 2.05) is 29.9 Å². The molecule has 0 aliphatic heterocycles. The topological polar surface area (TPSA) is 69.6 Å². The van der Waals surface area contributed by atoms with E-state index in [4.69, 9.17) is 16.4 Å². The minimum absolute atomic E-state index is 0.474. The van der Waals surface area contributed by atoms with Crippen molar-refractivity contribution >= 4 is 29.1 Å². The van der Waals surface area contributed by atoms with Crippen molar-refractivity contribution in [3.8, 4) is 0 Å². The average molecular weight is 351 g/mol. The molecule has 0 bridgehead atoms. The van der Waals surface area contributed by atoms with Gasteiger partial charge in [0.15, 0.2) is 5.49 Å². The molecule has 0 fully saturated rings. The van der Waals surface area contributed by atoms with E-state index in [0.717, 1.165) is 11.3 Å². The lowest BCUT2D eigenvalue weighted by molar-refractivity contribution is 0.196. The van der Waals surface area contributed by atoms with Gasteiger partial charge in [-0.2, -0.15) is 9.50 Å². The predicted molar refractivity (Wildman–Crippen MR) is 88.4 cm³/mol. The van der Waals surface area contributed by atoms with Crippen LogP contribution in [0.2, 0.25) is 5.15 Å². The zero-order valence-corrected chi connectivity index (χ0v) is 14.5. The zero-order valence-electron chi connectivity index (χ0n) is 12.9. The Bertz CT molecular complexity index is 902. The molecule has 0 atom stereocenters. The van der Waals surface area contributed by atoms with Gasteiger partial charge in [0.25, 0.3) is 0 Å². The molecule has 3 aromatic heterocycles. The number of pyridine rings is 1. The van der Waals surface area contributed by atoms with Gasteiger partial charge in [0.05, 0.1) is 6.54 Å². The van der Waals surface area contributed by atoms with Crippen molar-refractivity contribution in [3.63, 3.8) is 0 Å². The molecule has 0 aliphatic rings. The first-order chi connectivity index (χ1) is 11.1. The molecule has 0 aromatic carbocycles. The Morgan fingerprint density at radius 2 is 2.22 bits per heavy atom. The summed E-state index contributed by atoms with van der Waals surface area (Å²) >= 11 is 7.32. The maximum Gasteiger partial charge on any atom is 0.235 e. The Morgan fingerprint density at radius 1 is 1.39 bits per heavy atom. The molecule has 120 valence electrons. The quantitative estimate of drug-likeness (QED) is 0.409. The monoisotopic (exact) mass is 350 g/mol. The molecule has 3 heterocycles. The maximum atomic E-state index is 5.85. The zero-order chi connectivity index (χ0) is 16.4. The van der Waals surface area contributed by atoms with E-state index in [1.54, 1.807) is 16.8 Å². The van der Waals surface area contributed by atoms with Gasteiger partial charge in [-0.25, -0.2) is 4.98 Å². The van der Waals surface area contributed by atoms with Crippen LogP contribution in [0.1, 0.15) is 11.3 Å². The van der Waals surface area contributed by atoms with E-state index in [1.165, 1.54) is 18.9 Å². The summed E-state index contributed by atoms with van der Waals surface area (Å²) in [6.07, 6.45) is 3.69. The van der Waals surface area contributed by atoms with Crippen molar-refractivity contribution in [1.82, 2.24) is 24.1 Å². The molecule has 0 unspecified atom stereocenters. The van der Waals surface area contributed by atoms with Gasteiger partial charge >= 0.3 is 0 Å². The highest BCUT2D eigenvalue weighted by Gasteiger charge is 2.12. The van der Waals surface area contributed by atoms with E-state index < -0.39 is 0 Å². The number of thioether (sulfide) groups is 1. The summed E-state index contributed by atoms with van der Waals surface area (Å²) in [7, 11) is 1.51. The summed E-state index contributed by atoms with van der Waals surface area (Å²) in [5, 5.41) is 9.60. The van der Waals surface area contributed by atoms with Crippen LogP contribution in [0.5, 0.6) is 0 Å². The minimum Gasteiger partial charge on any atom is -0.397 e. The lowest BCUT2D eigenvalue weighted by Crippen LogP contribution is -2.22. The van der Waals surface area contributed by atoms with Crippen molar-refractivity contribution in [3.05, 3.63) is 46.3 Å². The van der Waals surface area contributed by atoms with E-state index >= 15 is 0 Å². The van der Waals surface area contributed by atoms with E-state index in [-0.39, 0.29) is 0 Å². The number of nitrogens with zero attached hydrogens (tertiary/aromatic N) is 6. The summed E-state index contributed by atoms with van der Waals surface area (Å²) < 4.78 is 3.72. The first-order valence-corrected chi connectivity index (χ1v) is 8.41. The molecule has 0 radical (unpaired) electrons. The second-order valence-electron chi connectivity index (χ2n) is 4.80. The highest BCUT2D eigenvalue weighted by molar-refractivity contribution is 7.98. The van der Waals surface area contributed by atoms with Crippen LogP contribution in [0.15, 0.2) is 34.7 Å². The number of aryl methyl sites for hydroxylation is 1. The Balaban J connectivity index is 2.18. The number of hydrogen-bond acceptors (Lipinski definition) is 6. The van der Waals surface area contributed by atoms with Crippen LogP contribution in [-0.4, -0.2) is 37.5 Å². The van der Waals surface area contributed by atoms with Crippen LogP contribution in [0.4, 0.5) is 0 Å². The number of rotatable bonds is 4. The van der Waals surface area contributed by atoms with Crippen molar-refractivity contribution < 1.29 is 4.84 Å². The number of aromatic nitrogens is 5. The molecular weight excluding hydrogens is 336 g/mol. The molecular formula is C14H15ClN6OS.